The highest BCUT2D eigenvalue weighted by atomic mass is 19.1. The van der Waals surface area contributed by atoms with Crippen molar-refractivity contribution in [1.29, 1.82) is 0 Å². The molecular formula is C17H17FN2O. The number of benzene rings is 2. The molecule has 108 valence electrons. The SMILES string of the molecule is CC(c1ccc2c(c1)CCN2)c1cc(F)ccc1C(N)=O. The second kappa shape index (κ2) is 5.20. The average molecular weight is 284 g/mol. The number of nitrogens with one attached hydrogen (secondary N) is 1. The summed E-state index contributed by atoms with van der Waals surface area (Å²) in [5, 5.41) is 3.31. The van der Waals surface area contributed by atoms with Gasteiger partial charge >= 0.3 is 0 Å². The molecule has 3 N–H and O–H groups in total. The molecule has 0 aliphatic carbocycles. The van der Waals surface area contributed by atoms with Crippen LogP contribution in [0.15, 0.2) is 36.4 Å². The van der Waals surface area contributed by atoms with Crippen LogP contribution in [0.1, 0.15) is 39.9 Å². The molecule has 1 aliphatic rings. The van der Waals surface area contributed by atoms with E-state index in [1.54, 1.807) is 0 Å². The number of amides is 1. The number of primary amides is 1. The fraction of sp³-hybridized carbons (Fsp3) is 0.235. The lowest BCUT2D eigenvalue weighted by molar-refractivity contribution is 0.0999. The second-order valence-electron chi connectivity index (χ2n) is 5.41. The molecule has 1 atom stereocenters. The van der Waals surface area contributed by atoms with Gasteiger partial charge in [-0.25, -0.2) is 4.39 Å². The average Bonchev–Trinajstić information content (AvgIpc) is 2.93. The molecule has 3 rings (SSSR count). The monoisotopic (exact) mass is 284 g/mol. The minimum Gasteiger partial charge on any atom is -0.384 e. The predicted molar refractivity (Wildman–Crippen MR) is 81.1 cm³/mol. The Labute approximate surface area is 123 Å². The van der Waals surface area contributed by atoms with Crippen LogP contribution in [0, 0.1) is 5.82 Å². The molecule has 0 aromatic heterocycles. The van der Waals surface area contributed by atoms with Gasteiger partial charge in [-0.2, -0.15) is 0 Å². The van der Waals surface area contributed by atoms with E-state index < -0.39 is 5.91 Å². The van der Waals surface area contributed by atoms with Crippen molar-refractivity contribution < 1.29 is 9.18 Å². The van der Waals surface area contributed by atoms with Gasteiger partial charge in [-0.15, -0.1) is 0 Å². The van der Waals surface area contributed by atoms with Crippen LogP contribution in [-0.2, 0) is 6.42 Å². The van der Waals surface area contributed by atoms with Crippen LogP contribution >= 0.6 is 0 Å². The third kappa shape index (κ3) is 2.49. The van der Waals surface area contributed by atoms with Crippen LogP contribution in [0.2, 0.25) is 0 Å². The van der Waals surface area contributed by atoms with Gasteiger partial charge in [0, 0.05) is 23.7 Å². The summed E-state index contributed by atoms with van der Waals surface area (Å²) in [6.07, 6.45) is 0.988. The molecule has 0 bridgehead atoms. The van der Waals surface area contributed by atoms with Crippen molar-refractivity contribution in [3.8, 4) is 0 Å². The Morgan fingerprint density at radius 2 is 2.10 bits per heavy atom. The number of anilines is 1. The molecule has 1 amide bonds. The molecule has 21 heavy (non-hydrogen) atoms. The molecule has 0 spiro atoms. The van der Waals surface area contributed by atoms with Gasteiger partial charge in [0.2, 0.25) is 5.91 Å². The number of nitrogens with two attached hydrogens (primary N) is 1. The summed E-state index contributed by atoms with van der Waals surface area (Å²) in [5.41, 5.74) is 9.88. The van der Waals surface area contributed by atoms with E-state index in [2.05, 4.69) is 11.4 Å². The van der Waals surface area contributed by atoms with Crippen LogP contribution in [0.3, 0.4) is 0 Å². The summed E-state index contributed by atoms with van der Waals surface area (Å²) in [5.74, 6) is -0.974. The number of halogens is 1. The highest BCUT2D eigenvalue weighted by Crippen LogP contribution is 2.31. The zero-order valence-corrected chi connectivity index (χ0v) is 11.8. The Morgan fingerprint density at radius 3 is 2.86 bits per heavy atom. The molecule has 0 radical (unpaired) electrons. The minimum absolute atomic E-state index is 0.0888. The zero-order chi connectivity index (χ0) is 15.0. The minimum atomic E-state index is -0.528. The van der Waals surface area contributed by atoms with Gasteiger partial charge in [-0.05, 0) is 47.4 Å². The first-order chi connectivity index (χ1) is 10.1. The van der Waals surface area contributed by atoms with E-state index in [1.807, 2.05) is 19.1 Å². The highest BCUT2D eigenvalue weighted by molar-refractivity contribution is 5.94. The Kier molecular flexibility index (Phi) is 3.37. The van der Waals surface area contributed by atoms with Crippen molar-refractivity contribution in [1.82, 2.24) is 0 Å². The largest absolute Gasteiger partial charge is 0.384 e. The molecule has 0 fully saturated rings. The van der Waals surface area contributed by atoms with E-state index in [9.17, 15) is 9.18 Å². The molecule has 0 saturated carbocycles. The van der Waals surface area contributed by atoms with Crippen LogP contribution in [0.4, 0.5) is 10.1 Å². The molecule has 2 aromatic rings. The normalized spacial score (nSPS) is 14.4. The maximum absolute atomic E-state index is 13.5. The van der Waals surface area contributed by atoms with Gasteiger partial charge in [-0.1, -0.05) is 19.1 Å². The van der Waals surface area contributed by atoms with Crippen LogP contribution in [0.25, 0.3) is 0 Å². The molecule has 3 nitrogen and oxygen atoms in total. The van der Waals surface area contributed by atoms with Gasteiger partial charge in [0.25, 0.3) is 0 Å². The maximum atomic E-state index is 13.5. The van der Waals surface area contributed by atoms with Crippen molar-refractivity contribution >= 4 is 11.6 Å². The summed E-state index contributed by atoms with van der Waals surface area (Å²) >= 11 is 0. The number of carbonyl (C=O) groups excluding carboxylic acids is 1. The quantitative estimate of drug-likeness (QED) is 0.910. The Bertz CT molecular complexity index is 712. The van der Waals surface area contributed by atoms with E-state index in [0.717, 1.165) is 24.2 Å². The smallest absolute Gasteiger partial charge is 0.249 e. The number of carbonyl (C=O) groups is 1. The first-order valence-corrected chi connectivity index (χ1v) is 7.02. The van der Waals surface area contributed by atoms with Gasteiger partial charge in [0.1, 0.15) is 5.82 Å². The Hall–Kier alpha value is -2.36. The molecule has 0 saturated heterocycles. The first kappa shape index (κ1) is 13.6. The van der Waals surface area contributed by atoms with E-state index in [0.29, 0.717) is 11.1 Å². The Morgan fingerprint density at radius 1 is 1.29 bits per heavy atom. The number of fused-ring (bicyclic) bond motifs is 1. The lowest BCUT2D eigenvalue weighted by atomic mass is 9.88. The van der Waals surface area contributed by atoms with Crippen molar-refractivity contribution in [2.24, 2.45) is 5.73 Å². The highest BCUT2D eigenvalue weighted by Gasteiger charge is 2.19. The van der Waals surface area contributed by atoms with E-state index in [4.69, 9.17) is 5.73 Å². The number of hydrogen-bond donors (Lipinski definition) is 2. The molecule has 4 heteroatoms. The van der Waals surface area contributed by atoms with Gasteiger partial charge in [0.15, 0.2) is 0 Å². The van der Waals surface area contributed by atoms with Crippen LogP contribution in [-0.4, -0.2) is 12.5 Å². The molecular weight excluding hydrogens is 267 g/mol. The van der Waals surface area contributed by atoms with Crippen molar-refractivity contribution in [3.05, 3.63) is 64.5 Å². The fourth-order valence-corrected chi connectivity index (χ4v) is 2.89. The van der Waals surface area contributed by atoms with Crippen molar-refractivity contribution in [2.75, 3.05) is 11.9 Å². The Balaban J connectivity index is 2.04. The summed E-state index contributed by atoms with van der Waals surface area (Å²) in [6.45, 7) is 2.91. The van der Waals surface area contributed by atoms with Crippen LogP contribution < -0.4 is 11.1 Å². The topological polar surface area (TPSA) is 55.1 Å². The maximum Gasteiger partial charge on any atom is 0.249 e. The summed E-state index contributed by atoms with van der Waals surface area (Å²) < 4.78 is 13.5. The summed E-state index contributed by atoms with van der Waals surface area (Å²) in [4.78, 5) is 11.5. The van der Waals surface area contributed by atoms with Gasteiger partial charge in [-0.3, -0.25) is 4.79 Å². The summed E-state index contributed by atoms with van der Waals surface area (Å²) in [7, 11) is 0. The lowest BCUT2D eigenvalue weighted by Crippen LogP contribution is -2.15. The molecule has 1 unspecified atom stereocenters. The van der Waals surface area contributed by atoms with E-state index in [1.165, 1.54) is 23.8 Å². The van der Waals surface area contributed by atoms with E-state index in [-0.39, 0.29) is 11.7 Å². The third-order valence-corrected chi connectivity index (χ3v) is 4.08. The second-order valence-corrected chi connectivity index (χ2v) is 5.41. The van der Waals surface area contributed by atoms with Crippen molar-refractivity contribution in [3.63, 3.8) is 0 Å². The lowest BCUT2D eigenvalue weighted by Gasteiger charge is -2.16. The first-order valence-electron chi connectivity index (χ1n) is 7.02. The van der Waals surface area contributed by atoms with Gasteiger partial charge in [0.05, 0.1) is 0 Å². The predicted octanol–water partition coefficient (Wildman–Crippen LogP) is 3.04. The zero-order valence-electron chi connectivity index (χ0n) is 11.8. The van der Waals surface area contributed by atoms with Gasteiger partial charge < -0.3 is 11.1 Å². The van der Waals surface area contributed by atoms with Crippen LogP contribution in [0.5, 0.6) is 0 Å². The molecule has 2 aromatic carbocycles. The molecule has 1 aliphatic heterocycles. The summed E-state index contributed by atoms with van der Waals surface area (Å²) in [6, 6.07) is 10.3. The molecule has 1 heterocycles. The number of rotatable bonds is 3. The fourth-order valence-electron chi connectivity index (χ4n) is 2.89. The number of hydrogen-bond acceptors (Lipinski definition) is 2. The standard InChI is InChI=1S/C17H17FN2O/c1-10(11-2-5-16-12(8-11)6-7-20-16)15-9-13(18)3-4-14(15)17(19)21/h2-5,8-10,20H,6-7H2,1H3,(H2,19,21). The van der Waals surface area contributed by atoms with E-state index >= 15 is 0 Å². The van der Waals surface area contributed by atoms with Crippen molar-refractivity contribution in [2.45, 2.75) is 19.3 Å². The third-order valence-electron chi connectivity index (χ3n) is 4.08.